The third-order valence-electron chi connectivity index (χ3n) is 1.27. The number of rotatable bonds is 5. The molecule has 0 aliphatic heterocycles. The minimum atomic E-state index is -0.637. The Labute approximate surface area is 61.6 Å². The van der Waals surface area contributed by atoms with Crippen molar-refractivity contribution in [3.05, 3.63) is 0 Å². The van der Waals surface area contributed by atoms with Gasteiger partial charge in [0, 0.05) is 13.0 Å². The van der Waals surface area contributed by atoms with Crippen LogP contribution in [0.15, 0.2) is 0 Å². The van der Waals surface area contributed by atoms with Crippen molar-refractivity contribution in [3.63, 3.8) is 0 Å². The van der Waals surface area contributed by atoms with Gasteiger partial charge in [0.05, 0.1) is 18.8 Å². The topological polar surface area (TPSA) is 49.7 Å². The van der Waals surface area contributed by atoms with E-state index in [9.17, 15) is 0 Å². The highest BCUT2D eigenvalue weighted by atomic mass is 16.5. The molecule has 0 bridgehead atoms. The van der Waals surface area contributed by atoms with E-state index in [1.54, 1.807) is 0 Å². The highest BCUT2D eigenvalue weighted by molar-refractivity contribution is 4.58. The average Bonchev–Trinajstić information content (AvgIpc) is 1.88. The van der Waals surface area contributed by atoms with Crippen LogP contribution in [0.4, 0.5) is 0 Å². The zero-order valence-electron chi connectivity index (χ0n) is 6.58. The van der Waals surface area contributed by atoms with E-state index in [0.29, 0.717) is 13.0 Å². The van der Waals surface area contributed by atoms with E-state index in [0.717, 1.165) is 0 Å². The van der Waals surface area contributed by atoms with Crippen molar-refractivity contribution in [3.8, 4) is 0 Å². The molecule has 2 unspecified atom stereocenters. The monoisotopic (exact) mass is 148 g/mol. The van der Waals surface area contributed by atoms with Crippen LogP contribution in [0.3, 0.4) is 0 Å². The highest BCUT2D eigenvalue weighted by Gasteiger charge is 2.07. The molecule has 10 heavy (non-hydrogen) atoms. The van der Waals surface area contributed by atoms with Gasteiger partial charge in [-0.05, 0) is 13.8 Å². The van der Waals surface area contributed by atoms with Crippen LogP contribution < -0.4 is 0 Å². The SMILES string of the molecule is CCOC(C)CC(O)CO. The normalized spacial score (nSPS) is 16.8. The maximum absolute atomic E-state index is 8.92. The van der Waals surface area contributed by atoms with Gasteiger partial charge in [0.1, 0.15) is 0 Å². The fourth-order valence-electron chi connectivity index (χ4n) is 0.810. The first kappa shape index (κ1) is 9.88. The standard InChI is InChI=1S/C7H16O3/c1-3-10-6(2)4-7(9)5-8/h6-9H,3-5H2,1-2H3. The summed E-state index contributed by atoms with van der Waals surface area (Å²) in [7, 11) is 0. The summed E-state index contributed by atoms with van der Waals surface area (Å²) in [6.07, 6.45) is -0.0988. The van der Waals surface area contributed by atoms with Gasteiger partial charge in [-0.25, -0.2) is 0 Å². The molecule has 0 amide bonds. The van der Waals surface area contributed by atoms with Crippen molar-refractivity contribution >= 4 is 0 Å². The maximum atomic E-state index is 8.92. The summed E-state index contributed by atoms with van der Waals surface area (Å²) in [6.45, 7) is 4.25. The van der Waals surface area contributed by atoms with Gasteiger partial charge in [0.25, 0.3) is 0 Å². The third kappa shape index (κ3) is 4.73. The van der Waals surface area contributed by atoms with Gasteiger partial charge >= 0.3 is 0 Å². The average molecular weight is 148 g/mol. The van der Waals surface area contributed by atoms with Crippen LogP contribution in [0.2, 0.25) is 0 Å². The molecule has 3 nitrogen and oxygen atoms in total. The molecule has 2 atom stereocenters. The summed E-state index contributed by atoms with van der Waals surface area (Å²) in [5.74, 6) is 0. The molecule has 62 valence electrons. The lowest BCUT2D eigenvalue weighted by Gasteiger charge is -2.13. The fourth-order valence-corrected chi connectivity index (χ4v) is 0.810. The Kier molecular flexibility index (Phi) is 5.58. The molecule has 0 radical (unpaired) electrons. The van der Waals surface area contributed by atoms with Crippen LogP contribution in [0.5, 0.6) is 0 Å². The summed E-state index contributed by atoms with van der Waals surface area (Å²) in [5, 5.41) is 17.4. The summed E-state index contributed by atoms with van der Waals surface area (Å²) < 4.78 is 5.14. The molecule has 0 aliphatic carbocycles. The third-order valence-corrected chi connectivity index (χ3v) is 1.27. The molecule has 3 heteroatoms. The van der Waals surface area contributed by atoms with Crippen molar-refractivity contribution in [1.29, 1.82) is 0 Å². The highest BCUT2D eigenvalue weighted by Crippen LogP contribution is 2.00. The molecule has 0 rings (SSSR count). The number of aliphatic hydroxyl groups is 2. The number of hydrogen-bond donors (Lipinski definition) is 2. The molecule has 0 fully saturated rings. The first-order chi connectivity index (χ1) is 4.70. The van der Waals surface area contributed by atoms with Gasteiger partial charge in [-0.1, -0.05) is 0 Å². The van der Waals surface area contributed by atoms with E-state index in [2.05, 4.69) is 0 Å². The Morgan fingerprint density at radius 2 is 2.10 bits per heavy atom. The summed E-state index contributed by atoms with van der Waals surface area (Å²) in [6, 6.07) is 0. The second kappa shape index (κ2) is 5.65. The number of ether oxygens (including phenoxy) is 1. The zero-order valence-corrected chi connectivity index (χ0v) is 6.58. The van der Waals surface area contributed by atoms with Crippen LogP contribution in [0, 0.1) is 0 Å². The van der Waals surface area contributed by atoms with Gasteiger partial charge in [-0.15, -0.1) is 0 Å². The molecular weight excluding hydrogens is 132 g/mol. The van der Waals surface area contributed by atoms with E-state index in [-0.39, 0.29) is 12.7 Å². The largest absolute Gasteiger partial charge is 0.394 e. The van der Waals surface area contributed by atoms with Crippen molar-refractivity contribution in [2.45, 2.75) is 32.5 Å². The molecule has 0 aromatic rings. The Hall–Kier alpha value is -0.120. The van der Waals surface area contributed by atoms with Crippen LogP contribution in [0.1, 0.15) is 20.3 Å². The Morgan fingerprint density at radius 3 is 2.50 bits per heavy atom. The lowest BCUT2D eigenvalue weighted by Crippen LogP contribution is -2.20. The van der Waals surface area contributed by atoms with Gasteiger partial charge < -0.3 is 14.9 Å². The second-order valence-electron chi connectivity index (χ2n) is 2.34. The predicted octanol–water partition coefficient (Wildman–Crippen LogP) is 0.155. The lowest BCUT2D eigenvalue weighted by molar-refractivity contribution is 0.0112. The summed E-state index contributed by atoms with van der Waals surface area (Å²) in [4.78, 5) is 0. The Morgan fingerprint density at radius 1 is 1.50 bits per heavy atom. The van der Waals surface area contributed by atoms with Crippen molar-refractivity contribution < 1.29 is 14.9 Å². The van der Waals surface area contributed by atoms with E-state index >= 15 is 0 Å². The lowest BCUT2D eigenvalue weighted by atomic mass is 10.2. The molecule has 0 saturated carbocycles. The van der Waals surface area contributed by atoms with Crippen molar-refractivity contribution in [1.82, 2.24) is 0 Å². The van der Waals surface area contributed by atoms with E-state index in [1.807, 2.05) is 13.8 Å². The molecule has 0 aromatic carbocycles. The summed E-state index contributed by atoms with van der Waals surface area (Å²) in [5.41, 5.74) is 0. The molecule has 0 aromatic heterocycles. The first-order valence-electron chi connectivity index (χ1n) is 3.61. The Balaban J connectivity index is 3.27. The minimum absolute atomic E-state index is 0.0344. The zero-order chi connectivity index (χ0) is 7.98. The van der Waals surface area contributed by atoms with Gasteiger partial charge in [0.2, 0.25) is 0 Å². The van der Waals surface area contributed by atoms with Crippen LogP contribution >= 0.6 is 0 Å². The first-order valence-corrected chi connectivity index (χ1v) is 3.61. The smallest absolute Gasteiger partial charge is 0.0795 e. The van der Waals surface area contributed by atoms with E-state index < -0.39 is 6.10 Å². The molecule has 0 heterocycles. The van der Waals surface area contributed by atoms with E-state index in [1.165, 1.54) is 0 Å². The van der Waals surface area contributed by atoms with Gasteiger partial charge in [-0.2, -0.15) is 0 Å². The van der Waals surface area contributed by atoms with Crippen LogP contribution in [-0.4, -0.2) is 35.6 Å². The van der Waals surface area contributed by atoms with Gasteiger partial charge in [0.15, 0.2) is 0 Å². The Bertz CT molecular complexity index is 75.3. The molecule has 0 spiro atoms. The minimum Gasteiger partial charge on any atom is -0.394 e. The van der Waals surface area contributed by atoms with Crippen LogP contribution in [-0.2, 0) is 4.74 Å². The molecule has 0 saturated heterocycles. The van der Waals surface area contributed by atoms with Crippen LogP contribution in [0.25, 0.3) is 0 Å². The molecular formula is C7H16O3. The number of aliphatic hydroxyl groups excluding tert-OH is 2. The number of hydrogen-bond acceptors (Lipinski definition) is 3. The molecule has 0 aliphatic rings. The second-order valence-corrected chi connectivity index (χ2v) is 2.34. The van der Waals surface area contributed by atoms with Gasteiger partial charge in [-0.3, -0.25) is 0 Å². The maximum Gasteiger partial charge on any atom is 0.0795 e. The fraction of sp³-hybridized carbons (Fsp3) is 1.00. The van der Waals surface area contributed by atoms with E-state index in [4.69, 9.17) is 14.9 Å². The quantitative estimate of drug-likeness (QED) is 0.583. The van der Waals surface area contributed by atoms with Crippen molar-refractivity contribution in [2.75, 3.05) is 13.2 Å². The predicted molar refractivity (Wildman–Crippen MR) is 38.8 cm³/mol. The summed E-state index contributed by atoms with van der Waals surface area (Å²) >= 11 is 0. The molecule has 2 N–H and O–H groups in total. The van der Waals surface area contributed by atoms with Crippen molar-refractivity contribution in [2.24, 2.45) is 0 Å².